The van der Waals surface area contributed by atoms with Gasteiger partial charge in [-0.2, -0.15) is 0 Å². The third kappa shape index (κ3) is 1.75. The Balaban J connectivity index is 2.16. The lowest BCUT2D eigenvalue weighted by Gasteiger charge is -2.25. The van der Waals surface area contributed by atoms with Crippen molar-refractivity contribution in [2.75, 3.05) is 0 Å². The lowest BCUT2D eigenvalue weighted by molar-refractivity contribution is 0.0829. The van der Waals surface area contributed by atoms with E-state index < -0.39 is 5.60 Å². The molecule has 1 aliphatic carbocycles. The van der Waals surface area contributed by atoms with Crippen LogP contribution in [-0.2, 0) is 12.0 Å². The second-order valence-corrected chi connectivity index (χ2v) is 5.47. The molecule has 2 aromatic carbocycles. The zero-order chi connectivity index (χ0) is 12.8. The Hall–Kier alpha value is -1.31. The summed E-state index contributed by atoms with van der Waals surface area (Å²) in [5.74, 6) is 0. The second-order valence-electron chi connectivity index (χ2n) is 5.03. The minimum Gasteiger partial charge on any atom is -0.380 e. The molecule has 92 valence electrons. The van der Waals surface area contributed by atoms with Crippen molar-refractivity contribution >= 4 is 11.6 Å². The van der Waals surface area contributed by atoms with Gasteiger partial charge < -0.3 is 5.11 Å². The Morgan fingerprint density at radius 1 is 1.17 bits per heavy atom. The predicted molar refractivity (Wildman–Crippen MR) is 74.0 cm³/mol. The van der Waals surface area contributed by atoms with Crippen molar-refractivity contribution in [3.63, 3.8) is 0 Å². The number of aryl methyl sites for hydroxylation is 2. The summed E-state index contributed by atoms with van der Waals surface area (Å²) < 4.78 is 0. The molecule has 0 bridgehead atoms. The lowest BCUT2D eigenvalue weighted by Crippen LogP contribution is -2.23. The molecule has 1 N–H and O–H groups in total. The first-order chi connectivity index (χ1) is 8.59. The summed E-state index contributed by atoms with van der Waals surface area (Å²) in [6.45, 7) is 2.05. The molecule has 3 rings (SSSR count). The summed E-state index contributed by atoms with van der Waals surface area (Å²) >= 11 is 6.03. The highest BCUT2D eigenvalue weighted by atomic mass is 35.5. The molecule has 1 nitrogen and oxygen atoms in total. The van der Waals surface area contributed by atoms with Crippen LogP contribution >= 0.6 is 11.6 Å². The topological polar surface area (TPSA) is 20.2 Å². The van der Waals surface area contributed by atoms with Crippen molar-refractivity contribution in [2.24, 2.45) is 0 Å². The molecule has 0 amide bonds. The number of benzene rings is 2. The molecule has 0 saturated carbocycles. The zero-order valence-corrected chi connectivity index (χ0v) is 11.0. The van der Waals surface area contributed by atoms with Crippen LogP contribution < -0.4 is 0 Å². The number of rotatable bonds is 1. The van der Waals surface area contributed by atoms with E-state index in [0.29, 0.717) is 5.02 Å². The smallest absolute Gasteiger partial charge is 0.115 e. The van der Waals surface area contributed by atoms with E-state index >= 15 is 0 Å². The minimum atomic E-state index is -0.883. The van der Waals surface area contributed by atoms with Crippen molar-refractivity contribution < 1.29 is 5.11 Å². The highest BCUT2D eigenvalue weighted by molar-refractivity contribution is 6.30. The van der Waals surface area contributed by atoms with E-state index in [1.54, 1.807) is 0 Å². The summed E-state index contributed by atoms with van der Waals surface area (Å²) in [7, 11) is 0. The van der Waals surface area contributed by atoms with E-state index in [9.17, 15) is 5.11 Å². The van der Waals surface area contributed by atoms with Gasteiger partial charge in [0.05, 0.1) is 0 Å². The van der Waals surface area contributed by atoms with Gasteiger partial charge in [-0.3, -0.25) is 0 Å². The third-order valence-corrected chi connectivity index (χ3v) is 4.00. The summed E-state index contributed by atoms with van der Waals surface area (Å²) in [4.78, 5) is 0. The fourth-order valence-corrected chi connectivity index (χ4v) is 2.98. The molecule has 0 fully saturated rings. The van der Waals surface area contributed by atoms with Crippen LogP contribution in [-0.4, -0.2) is 5.11 Å². The zero-order valence-electron chi connectivity index (χ0n) is 10.3. The quantitative estimate of drug-likeness (QED) is 0.824. The van der Waals surface area contributed by atoms with Gasteiger partial charge in [-0.05, 0) is 48.6 Å². The maximum absolute atomic E-state index is 11.0. The van der Waals surface area contributed by atoms with Gasteiger partial charge in [-0.25, -0.2) is 0 Å². The standard InChI is InChI=1S/C16H15ClO/c1-11-5-6-12-7-8-16(18,15(12)9-11)13-3-2-4-14(17)10-13/h2-6,9-10,18H,7-8H2,1H3. The van der Waals surface area contributed by atoms with Gasteiger partial charge in [0.2, 0.25) is 0 Å². The van der Waals surface area contributed by atoms with Crippen molar-refractivity contribution in [1.29, 1.82) is 0 Å². The first kappa shape index (κ1) is 11.8. The largest absolute Gasteiger partial charge is 0.380 e. The maximum Gasteiger partial charge on any atom is 0.115 e. The van der Waals surface area contributed by atoms with Crippen LogP contribution in [0.15, 0.2) is 42.5 Å². The first-order valence-electron chi connectivity index (χ1n) is 6.18. The molecule has 0 aliphatic heterocycles. The Kier molecular flexibility index (Phi) is 2.69. The molecule has 1 aliphatic rings. The third-order valence-electron chi connectivity index (χ3n) is 3.77. The van der Waals surface area contributed by atoms with E-state index in [0.717, 1.165) is 24.0 Å². The van der Waals surface area contributed by atoms with Gasteiger partial charge in [-0.1, -0.05) is 47.5 Å². The number of hydrogen-bond acceptors (Lipinski definition) is 1. The molecular formula is C16H15ClO. The summed E-state index contributed by atoms with van der Waals surface area (Å²) in [5, 5.41) is 11.7. The van der Waals surface area contributed by atoms with Crippen molar-refractivity contribution in [1.82, 2.24) is 0 Å². The van der Waals surface area contributed by atoms with Crippen LogP contribution in [0.25, 0.3) is 0 Å². The lowest BCUT2D eigenvalue weighted by atomic mass is 9.87. The molecule has 0 heterocycles. The highest BCUT2D eigenvalue weighted by Crippen LogP contribution is 2.42. The molecule has 0 spiro atoms. The molecule has 18 heavy (non-hydrogen) atoms. The van der Waals surface area contributed by atoms with E-state index in [-0.39, 0.29) is 0 Å². The SMILES string of the molecule is Cc1ccc2c(c1)C(O)(c1cccc(Cl)c1)CC2. The van der Waals surface area contributed by atoms with Crippen LogP contribution in [0.1, 0.15) is 28.7 Å². The molecule has 0 saturated heterocycles. The van der Waals surface area contributed by atoms with Gasteiger partial charge in [0.1, 0.15) is 5.60 Å². The van der Waals surface area contributed by atoms with E-state index in [4.69, 9.17) is 11.6 Å². The Morgan fingerprint density at radius 3 is 2.78 bits per heavy atom. The number of halogens is 1. The summed E-state index contributed by atoms with van der Waals surface area (Å²) in [6, 6.07) is 13.8. The highest BCUT2D eigenvalue weighted by Gasteiger charge is 2.38. The van der Waals surface area contributed by atoms with Crippen molar-refractivity contribution in [3.05, 3.63) is 69.7 Å². The molecule has 0 radical (unpaired) electrons. The van der Waals surface area contributed by atoms with Crippen LogP contribution in [0, 0.1) is 6.92 Å². The Bertz CT molecular complexity index is 606. The summed E-state index contributed by atoms with van der Waals surface area (Å²) in [5.41, 5.74) is 3.45. The molecule has 1 atom stereocenters. The van der Waals surface area contributed by atoms with Gasteiger partial charge in [0.25, 0.3) is 0 Å². The van der Waals surface area contributed by atoms with Crippen LogP contribution in [0.4, 0.5) is 0 Å². The van der Waals surface area contributed by atoms with E-state index in [1.807, 2.05) is 24.3 Å². The van der Waals surface area contributed by atoms with E-state index in [2.05, 4.69) is 25.1 Å². The average molecular weight is 259 g/mol. The van der Waals surface area contributed by atoms with Crippen molar-refractivity contribution in [2.45, 2.75) is 25.4 Å². The molecule has 0 aromatic heterocycles. The van der Waals surface area contributed by atoms with Crippen LogP contribution in [0.3, 0.4) is 0 Å². The fraction of sp³-hybridized carbons (Fsp3) is 0.250. The Morgan fingerprint density at radius 2 is 2.00 bits per heavy atom. The average Bonchev–Trinajstić information content (AvgIpc) is 2.68. The van der Waals surface area contributed by atoms with E-state index in [1.165, 1.54) is 11.1 Å². The van der Waals surface area contributed by atoms with Gasteiger partial charge >= 0.3 is 0 Å². The number of aliphatic hydroxyl groups is 1. The predicted octanol–water partition coefficient (Wildman–Crippen LogP) is 3.83. The maximum atomic E-state index is 11.0. The van der Waals surface area contributed by atoms with Crippen LogP contribution in [0.5, 0.6) is 0 Å². The molecule has 2 aromatic rings. The normalized spacial score (nSPS) is 21.9. The van der Waals surface area contributed by atoms with Crippen molar-refractivity contribution in [3.8, 4) is 0 Å². The number of hydrogen-bond donors (Lipinski definition) is 1. The molecule has 1 unspecified atom stereocenters. The van der Waals surface area contributed by atoms with Crippen LogP contribution in [0.2, 0.25) is 5.02 Å². The summed E-state index contributed by atoms with van der Waals surface area (Å²) in [6.07, 6.45) is 1.64. The monoisotopic (exact) mass is 258 g/mol. The Labute approximate surface area is 112 Å². The fourth-order valence-electron chi connectivity index (χ4n) is 2.79. The first-order valence-corrected chi connectivity index (χ1v) is 6.56. The molecule has 2 heteroatoms. The van der Waals surface area contributed by atoms with Gasteiger partial charge in [-0.15, -0.1) is 0 Å². The minimum absolute atomic E-state index is 0.669. The molecular weight excluding hydrogens is 244 g/mol. The van der Waals surface area contributed by atoms with Gasteiger partial charge in [0.15, 0.2) is 0 Å². The van der Waals surface area contributed by atoms with Gasteiger partial charge in [0, 0.05) is 5.02 Å². The second kappa shape index (κ2) is 4.11. The number of fused-ring (bicyclic) bond motifs is 1.